The summed E-state index contributed by atoms with van der Waals surface area (Å²) in [6, 6.07) is 9.64. The molecule has 28 heavy (non-hydrogen) atoms. The number of nitrogens with two attached hydrogens (primary N) is 2. The zero-order chi connectivity index (χ0) is 21.3. The van der Waals surface area contributed by atoms with Gasteiger partial charge in [-0.3, -0.25) is 4.68 Å². The van der Waals surface area contributed by atoms with Gasteiger partial charge >= 0.3 is 0 Å². The third-order valence-corrected chi connectivity index (χ3v) is 4.79. The third kappa shape index (κ3) is 6.55. The molecule has 4 N–H and O–H groups in total. The minimum Gasteiger partial charge on any atom is -0.397 e. The van der Waals surface area contributed by atoms with E-state index in [1.807, 2.05) is 55.8 Å². The van der Waals surface area contributed by atoms with Crippen LogP contribution >= 0.6 is 11.6 Å². The van der Waals surface area contributed by atoms with E-state index in [1.54, 1.807) is 0 Å². The Morgan fingerprint density at radius 3 is 2.25 bits per heavy atom. The number of nitrogens with zero attached hydrogens (tertiary/aromatic N) is 4. The maximum Gasteiger partial charge on any atom is 0.154 e. The molecule has 2 aromatic rings. The molecule has 6 nitrogen and oxygen atoms in total. The van der Waals surface area contributed by atoms with Gasteiger partial charge < -0.3 is 21.3 Å². The lowest BCUT2D eigenvalue weighted by molar-refractivity contribution is 0.269. The minimum atomic E-state index is 0.405. The Kier molecular flexibility index (Phi) is 10.1. The largest absolute Gasteiger partial charge is 0.397 e. The fourth-order valence-corrected chi connectivity index (χ4v) is 3.03. The lowest BCUT2D eigenvalue weighted by atomic mass is 10.1. The molecule has 0 aliphatic heterocycles. The molecule has 0 aliphatic rings. The number of rotatable bonds is 8. The fourth-order valence-electron chi connectivity index (χ4n) is 2.69. The lowest BCUT2D eigenvalue weighted by Gasteiger charge is -2.19. The third-order valence-electron chi connectivity index (χ3n) is 4.40. The van der Waals surface area contributed by atoms with E-state index in [0.29, 0.717) is 22.1 Å². The van der Waals surface area contributed by atoms with Gasteiger partial charge in [-0.15, -0.1) is 0 Å². The second kappa shape index (κ2) is 11.7. The van der Waals surface area contributed by atoms with E-state index >= 15 is 0 Å². The van der Waals surface area contributed by atoms with Crippen LogP contribution in [0, 0.1) is 6.92 Å². The van der Waals surface area contributed by atoms with Crippen LogP contribution < -0.4 is 11.5 Å². The highest BCUT2D eigenvalue weighted by Gasteiger charge is 2.18. The van der Waals surface area contributed by atoms with Crippen LogP contribution in [0.4, 0.5) is 5.82 Å². The minimum absolute atomic E-state index is 0.405. The van der Waals surface area contributed by atoms with E-state index in [-0.39, 0.29) is 0 Å². The van der Waals surface area contributed by atoms with Crippen LogP contribution in [0.3, 0.4) is 0 Å². The number of hydrogen-bond donors (Lipinski definition) is 2. The Hall–Kier alpha value is -2.02. The Morgan fingerprint density at radius 2 is 1.68 bits per heavy atom. The van der Waals surface area contributed by atoms with Crippen molar-refractivity contribution >= 4 is 28.1 Å². The molecule has 0 bridgehead atoms. The van der Waals surface area contributed by atoms with Gasteiger partial charge in [0.15, 0.2) is 5.82 Å². The molecule has 156 valence electrons. The fraction of sp³-hybridized carbons (Fsp3) is 0.476. The van der Waals surface area contributed by atoms with Gasteiger partial charge in [0.25, 0.3) is 0 Å². The summed E-state index contributed by atoms with van der Waals surface area (Å²) in [7, 11) is 6.25. The zero-order valence-electron chi connectivity index (χ0n) is 18.0. The first-order valence-electron chi connectivity index (χ1n) is 9.68. The van der Waals surface area contributed by atoms with Crippen LogP contribution in [0.1, 0.15) is 30.7 Å². The monoisotopic (exact) mass is 406 g/mol. The topological polar surface area (TPSA) is 76.3 Å². The smallest absolute Gasteiger partial charge is 0.154 e. The summed E-state index contributed by atoms with van der Waals surface area (Å²) in [6.45, 7) is 9.61. The van der Waals surface area contributed by atoms with Crippen LogP contribution in [0.2, 0.25) is 0 Å². The number of benzene rings is 1. The molecule has 7 heteroatoms. The van der Waals surface area contributed by atoms with Gasteiger partial charge in [-0.05, 0) is 33.6 Å². The average molecular weight is 407 g/mol. The van der Waals surface area contributed by atoms with Crippen molar-refractivity contribution in [3.63, 3.8) is 0 Å². The second-order valence-corrected chi connectivity index (χ2v) is 7.15. The summed E-state index contributed by atoms with van der Waals surface area (Å²) in [5.41, 5.74) is 15.4. The molecule has 1 aromatic carbocycles. The number of likely N-dealkylation sites (N-methyl/N-ethyl adjacent to an activating group) is 2. The zero-order valence-corrected chi connectivity index (χ0v) is 18.8. The second-order valence-electron chi connectivity index (χ2n) is 6.77. The molecule has 0 fully saturated rings. The molecular weight excluding hydrogens is 372 g/mol. The van der Waals surface area contributed by atoms with E-state index in [1.165, 1.54) is 0 Å². The molecular formula is C21H35ClN6. The first-order valence-corrected chi connectivity index (χ1v) is 10.1. The van der Waals surface area contributed by atoms with E-state index < -0.39 is 0 Å². The molecule has 0 atom stereocenters. The highest BCUT2D eigenvalue weighted by molar-refractivity contribution is 6.53. The number of halogens is 1. The maximum atomic E-state index is 6.57. The molecule has 0 unspecified atom stereocenters. The molecule has 0 radical (unpaired) electrons. The van der Waals surface area contributed by atoms with E-state index in [9.17, 15) is 0 Å². The van der Waals surface area contributed by atoms with Crippen molar-refractivity contribution in [1.82, 2.24) is 19.6 Å². The number of anilines is 1. The SMILES string of the molecule is CC.Cc1c(/C(Cl)=C(\N)c2ccccc2)c(N)nn1CCN(C)CCN(C)C. The molecule has 0 spiro atoms. The highest BCUT2D eigenvalue weighted by Crippen LogP contribution is 2.32. The van der Waals surface area contributed by atoms with Gasteiger partial charge in [-0.1, -0.05) is 55.8 Å². The van der Waals surface area contributed by atoms with Crippen LogP contribution in [-0.2, 0) is 6.54 Å². The van der Waals surface area contributed by atoms with Crippen molar-refractivity contribution < 1.29 is 0 Å². The number of hydrogen-bond acceptors (Lipinski definition) is 5. The molecule has 0 saturated heterocycles. The summed E-state index contributed by atoms with van der Waals surface area (Å²) in [4.78, 5) is 4.44. The summed E-state index contributed by atoms with van der Waals surface area (Å²) < 4.78 is 1.90. The predicted octanol–water partition coefficient (Wildman–Crippen LogP) is 3.32. The van der Waals surface area contributed by atoms with Crippen molar-refractivity contribution in [2.24, 2.45) is 5.73 Å². The molecule has 1 aromatic heterocycles. The van der Waals surface area contributed by atoms with Gasteiger partial charge in [0.05, 0.1) is 22.8 Å². The van der Waals surface area contributed by atoms with Crippen molar-refractivity contribution in [3.05, 3.63) is 47.2 Å². The number of nitrogen functional groups attached to an aromatic ring is 1. The van der Waals surface area contributed by atoms with Gasteiger partial charge in [-0.25, -0.2) is 0 Å². The molecule has 1 heterocycles. The van der Waals surface area contributed by atoms with Gasteiger partial charge in [0.1, 0.15) is 0 Å². The first kappa shape index (κ1) is 24.0. The highest BCUT2D eigenvalue weighted by atomic mass is 35.5. The lowest BCUT2D eigenvalue weighted by Crippen LogP contribution is -2.31. The standard InChI is InChI=1S/C19H29ClN6.C2H6/c1-14-16(17(20)18(21)15-8-6-5-7-9-15)19(22)23-26(14)13-12-25(4)11-10-24(2)3;1-2/h5-9H,10-13,21H2,1-4H3,(H2,22,23);1-2H3/b18-17+;. The van der Waals surface area contributed by atoms with Gasteiger partial charge in [0.2, 0.25) is 0 Å². The quantitative estimate of drug-likeness (QED) is 0.703. The van der Waals surface area contributed by atoms with Crippen LogP contribution in [0.15, 0.2) is 30.3 Å². The van der Waals surface area contributed by atoms with Crippen LogP contribution in [0.25, 0.3) is 10.7 Å². The molecule has 0 saturated carbocycles. The summed E-state index contributed by atoms with van der Waals surface area (Å²) in [5, 5.41) is 4.90. The summed E-state index contributed by atoms with van der Waals surface area (Å²) in [5.74, 6) is 0.405. The van der Waals surface area contributed by atoms with Crippen molar-refractivity contribution in [2.45, 2.75) is 27.3 Å². The van der Waals surface area contributed by atoms with Gasteiger partial charge in [0, 0.05) is 25.3 Å². The first-order chi connectivity index (χ1) is 13.3. The number of aromatic nitrogens is 2. The van der Waals surface area contributed by atoms with Gasteiger partial charge in [-0.2, -0.15) is 5.10 Å². The van der Waals surface area contributed by atoms with Crippen molar-refractivity contribution in [2.75, 3.05) is 46.5 Å². The predicted molar refractivity (Wildman–Crippen MR) is 122 cm³/mol. The Balaban J connectivity index is 0.00000190. The van der Waals surface area contributed by atoms with Crippen molar-refractivity contribution in [1.29, 1.82) is 0 Å². The average Bonchev–Trinajstić information content (AvgIpc) is 2.99. The van der Waals surface area contributed by atoms with E-state index in [0.717, 1.165) is 37.4 Å². The Bertz CT molecular complexity index is 752. The van der Waals surface area contributed by atoms with E-state index in [2.05, 4.69) is 36.0 Å². The Labute approximate surface area is 174 Å². The Morgan fingerprint density at radius 1 is 1.07 bits per heavy atom. The normalized spacial score (nSPS) is 12.0. The molecule has 2 rings (SSSR count). The van der Waals surface area contributed by atoms with Crippen molar-refractivity contribution in [3.8, 4) is 0 Å². The summed E-state index contributed by atoms with van der Waals surface area (Å²) in [6.07, 6.45) is 0. The molecule has 0 aliphatic carbocycles. The van der Waals surface area contributed by atoms with Crippen LogP contribution in [0.5, 0.6) is 0 Å². The summed E-state index contributed by atoms with van der Waals surface area (Å²) >= 11 is 6.57. The van der Waals surface area contributed by atoms with E-state index in [4.69, 9.17) is 23.1 Å². The molecule has 0 amide bonds. The maximum absolute atomic E-state index is 6.57. The van der Waals surface area contributed by atoms with Crippen LogP contribution in [-0.4, -0.2) is 60.4 Å².